The third kappa shape index (κ3) is 3.44. The van der Waals surface area contributed by atoms with Crippen LogP contribution in [0, 0.1) is 6.92 Å². The lowest BCUT2D eigenvalue weighted by Crippen LogP contribution is -2.37. The summed E-state index contributed by atoms with van der Waals surface area (Å²) in [7, 11) is 0. The standard InChI is InChI=1S/C23H18ClF3N4O/c1-12-2-3-13(10-18(12)32)21-20-15(16-11-14(24)4-5-17(16)29-20)7-9-31(21)22-28-8-6-19(30-22)23(25,26)27/h2-6,8,10-11,21,29,32H,7,9H2,1H3. The lowest BCUT2D eigenvalue weighted by Gasteiger charge is -2.36. The van der Waals surface area contributed by atoms with Gasteiger partial charge in [-0.15, -0.1) is 0 Å². The molecule has 32 heavy (non-hydrogen) atoms. The fourth-order valence-corrected chi connectivity index (χ4v) is 4.44. The maximum atomic E-state index is 13.3. The average molecular weight is 459 g/mol. The van der Waals surface area contributed by atoms with E-state index in [2.05, 4.69) is 15.0 Å². The Labute approximate surface area is 186 Å². The topological polar surface area (TPSA) is 65.0 Å². The molecule has 0 radical (unpaired) electrons. The molecule has 1 aliphatic rings. The van der Waals surface area contributed by atoms with Gasteiger partial charge in [-0.1, -0.05) is 23.7 Å². The molecule has 1 atom stereocenters. The van der Waals surface area contributed by atoms with Crippen LogP contribution in [-0.2, 0) is 12.6 Å². The molecule has 1 aliphatic heterocycles. The van der Waals surface area contributed by atoms with Gasteiger partial charge in [-0.25, -0.2) is 9.97 Å². The second kappa shape index (κ2) is 7.41. The number of nitrogens with zero attached hydrogens (tertiary/aromatic N) is 3. The van der Waals surface area contributed by atoms with Gasteiger partial charge in [0.15, 0.2) is 0 Å². The molecule has 1 unspecified atom stereocenters. The highest BCUT2D eigenvalue weighted by Gasteiger charge is 2.37. The van der Waals surface area contributed by atoms with E-state index in [0.29, 0.717) is 29.1 Å². The molecule has 0 saturated heterocycles. The minimum Gasteiger partial charge on any atom is -0.508 e. The number of H-pyrrole nitrogens is 1. The number of anilines is 1. The maximum absolute atomic E-state index is 13.3. The number of halogens is 4. The van der Waals surface area contributed by atoms with Crippen molar-refractivity contribution in [3.63, 3.8) is 0 Å². The number of fused-ring (bicyclic) bond motifs is 3. The summed E-state index contributed by atoms with van der Waals surface area (Å²) >= 11 is 6.21. The van der Waals surface area contributed by atoms with Crippen LogP contribution in [0.1, 0.15) is 34.1 Å². The Morgan fingerprint density at radius 3 is 2.72 bits per heavy atom. The molecule has 164 valence electrons. The van der Waals surface area contributed by atoms with Crippen LogP contribution in [0.25, 0.3) is 10.9 Å². The van der Waals surface area contributed by atoms with Gasteiger partial charge in [-0.05, 0) is 60.4 Å². The number of aromatic amines is 1. The molecule has 0 spiro atoms. The lowest BCUT2D eigenvalue weighted by molar-refractivity contribution is -0.141. The van der Waals surface area contributed by atoms with Gasteiger partial charge in [0.2, 0.25) is 5.95 Å². The normalized spacial score (nSPS) is 16.4. The summed E-state index contributed by atoms with van der Waals surface area (Å²) in [6.45, 7) is 2.18. The van der Waals surface area contributed by atoms with E-state index in [1.165, 1.54) is 0 Å². The van der Waals surface area contributed by atoms with Crippen molar-refractivity contribution >= 4 is 28.5 Å². The fraction of sp³-hybridized carbons (Fsp3) is 0.217. The Bertz CT molecular complexity index is 1330. The first kappa shape index (κ1) is 20.6. The number of nitrogens with one attached hydrogen (secondary N) is 1. The van der Waals surface area contributed by atoms with Crippen molar-refractivity contribution in [1.82, 2.24) is 15.0 Å². The summed E-state index contributed by atoms with van der Waals surface area (Å²) in [4.78, 5) is 13.1. The number of phenolic OH excluding ortho intramolecular Hbond substituents is 1. The molecule has 5 nitrogen and oxygen atoms in total. The third-order valence-corrected chi connectivity index (χ3v) is 6.06. The number of rotatable bonds is 2. The number of alkyl halides is 3. The van der Waals surface area contributed by atoms with Crippen LogP contribution >= 0.6 is 11.6 Å². The van der Waals surface area contributed by atoms with E-state index in [0.717, 1.165) is 34.4 Å². The van der Waals surface area contributed by atoms with E-state index in [1.807, 2.05) is 18.2 Å². The van der Waals surface area contributed by atoms with Crippen molar-refractivity contribution in [3.05, 3.63) is 81.8 Å². The summed E-state index contributed by atoms with van der Waals surface area (Å²) in [5.74, 6) is 0.0888. The van der Waals surface area contributed by atoms with Gasteiger partial charge in [-0.2, -0.15) is 13.2 Å². The van der Waals surface area contributed by atoms with Crippen molar-refractivity contribution < 1.29 is 18.3 Å². The summed E-state index contributed by atoms with van der Waals surface area (Å²) in [6.07, 6.45) is -2.88. The highest BCUT2D eigenvalue weighted by atomic mass is 35.5. The van der Waals surface area contributed by atoms with Crippen molar-refractivity contribution in [1.29, 1.82) is 0 Å². The molecule has 2 aromatic heterocycles. The monoisotopic (exact) mass is 458 g/mol. The van der Waals surface area contributed by atoms with Crippen molar-refractivity contribution in [2.75, 3.05) is 11.4 Å². The number of hydrogen-bond donors (Lipinski definition) is 2. The summed E-state index contributed by atoms with van der Waals surface area (Å²) in [6, 6.07) is 11.2. The first-order chi connectivity index (χ1) is 15.2. The molecule has 0 fully saturated rings. The zero-order valence-electron chi connectivity index (χ0n) is 16.9. The Morgan fingerprint density at radius 1 is 1.16 bits per heavy atom. The van der Waals surface area contributed by atoms with Crippen LogP contribution < -0.4 is 4.90 Å². The molecule has 2 N–H and O–H groups in total. The first-order valence-electron chi connectivity index (χ1n) is 9.99. The van der Waals surface area contributed by atoms with Gasteiger partial charge in [-0.3, -0.25) is 0 Å². The zero-order chi connectivity index (χ0) is 22.6. The molecule has 9 heteroatoms. The number of hydrogen-bond acceptors (Lipinski definition) is 4. The minimum absolute atomic E-state index is 0.0211. The van der Waals surface area contributed by atoms with Gasteiger partial charge in [0, 0.05) is 34.4 Å². The van der Waals surface area contributed by atoms with Crippen LogP contribution in [0.3, 0.4) is 0 Å². The highest BCUT2D eigenvalue weighted by Crippen LogP contribution is 2.41. The molecule has 3 heterocycles. The van der Waals surface area contributed by atoms with Crippen LogP contribution in [-0.4, -0.2) is 26.6 Å². The Kier molecular flexibility index (Phi) is 4.78. The van der Waals surface area contributed by atoms with E-state index in [-0.39, 0.29) is 11.7 Å². The van der Waals surface area contributed by atoms with Crippen LogP contribution in [0.5, 0.6) is 5.75 Å². The average Bonchev–Trinajstić information content (AvgIpc) is 3.12. The SMILES string of the molecule is Cc1ccc(C2c3[nH]c4ccc(Cl)cc4c3CCN2c2nccc(C(F)(F)F)n2)cc1O. The van der Waals surface area contributed by atoms with Crippen molar-refractivity contribution in [2.45, 2.75) is 25.6 Å². The van der Waals surface area contributed by atoms with Crippen LogP contribution in [0.2, 0.25) is 5.02 Å². The maximum Gasteiger partial charge on any atom is 0.433 e. The number of aryl methyl sites for hydroxylation is 1. The van der Waals surface area contributed by atoms with Gasteiger partial charge in [0.25, 0.3) is 0 Å². The van der Waals surface area contributed by atoms with Gasteiger partial charge < -0.3 is 15.0 Å². The van der Waals surface area contributed by atoms with Crippen molar-refractivity contribution in [2.24, 2.45) is 0 Å². The van der Waals surface area contributed by atoms with E-state index < -0.39 is 17.9 Å². The fourth-order valence-electron chi connectivity index (χ4n) is 4.26. The smallest absolute Gasteiger partial charge is 0.433 e. The highest BCUT2D eigenvalue weighted by molar-refractivity contribution is 6.31. The molecule has 4 aromatic rings. The predicted molar refractivity (Wildman–Crippen MR) is 116 cm³/mol. The van der Waals surface area contributed by atoms with Gasteiger partial charge in [0.1, 0.15) is 11.4 Å². The zero-order valence-corrected chi connectivity index (χ0v) is 17.7. The molecule has 0 saturated carbocycles. The van der Waals surface area contributed by atoms with Crippen LogP contribution in [0.4, 0.5) is 19.1 Å². The van der Waals surface area contributed by atoms with Gasteiger partial charge in [0.05, 0.1) is 6.04 Å². The summed E-state index contributed by atoms with van der Waals surface area (Å²) < 4.78 is 39.9. The largest absolute Gasteiger partial charge is 0.508 e. The molecule has 0 amide bonds. The lowest BCUT2D eigenvalue weighted by atomic mass is 9.92. The van der Waals surface area contributed by atoms with E-state index in [1.54, 1.807) is 30.0 Å². The van der Waals surface area contributed by atoms with E-state index >= 15 is 0 Å². The second-order valence-corrected chi connectivity index (χ2v) is 8.28. The molecular formula is C23H18ClF3N4O. The van der Waals surface area contributed by atoms with Crippen molar-refractivity contribution in [3.8, 4) is 5.75 Å². The quantitative estimate of drug-likeness (QED) is 0.398. The van der Waals surface area contributed by atoms with E-state index in [9.17, 15) is 18.3 Å². The predicted octanol–water partition coefficient (Wildman–Crippen LogP) is 5.80. The Hall–Kier alpha value is -3.26. The molecule has 0 bridgehead atoms. The molecule has 5 rings (SSSR count). The molecular weight excluding hydrogens is 441 g/mol. The second-order valence-electron chi connectivity index (χ2n) is 7.84. The summed E-state index contributed by atoms with van der Waals surface area (Å²) in [5, 5.41) is 11.9. The number of aromatic hydroxyl groups is 1. The van der Waals surface area contributed by atoms with Gasteiger partial charge >= 0.3 is 6.18 Å². The number of phenols is 1. The Morgan fingerprint density at radius 2 is 1.97 bits per heavy atom. The number of benzene rings is 2. The first-order valence-corrected chi connectivity index (χ1v) is 10.4. The number of aromatic nitrogens is 3. The molecule has 2 aromatic carbocycles. The Balaban J connectivity index is 1.71. The third-order valence-electron chi connectivity index (χ3n) is 5.83. The van der Waals surface area contributed by atoms with Crippen LogP contribution in [0.15, 0.2) is 48.7 Å². The minimum atomic E-state index is -4.58. The molecule has 0 aliphatic carbocycles. The van der Waals surface area contributed by atoms with E-state index in [4.69, 9.17) is 11.6 Å². The summed E-state index contributed by atoms with van der Waals surface area (Å²) in [5.41, 5.74) is 3.16.